The summed E-state index contributed by atoms with van der Waals surface area (Å²) in [4.78, 5) is 3.31. The Kier molecular flexibility index (Phi) is 5.18. The molecule has 2 aromatic carbocycles. The second-order valence-corrected chi connectivity index (χ2v) is 7.35. The van der Waals surface area contributed by atoms with Crippen LogP contribution in [0.1, 0.15) is 43.6 Å². The molecule has 1 heterocycles. The summed E-state index contributed by atoms with van der Waals surface area (Å²) in [7, 11) is 1.49. The maximum Gasteiger partial charge on any atom is 0.168 e. The summed E-state index contributed by atoms with van der Waals surface area (Å²) >= 11 is 0. The Morgan fingerprint density at radius 2 is 1.96 bits per heavy atom. The molecule has 0 aliphatic rings. The molecule has 2 atom stereocenters. The number of benzene rings is 2. The van der Waals surface area contributed by atoms with Crippen LogP contribution in [-0.4, -0.2) is 33.5 Å². The highest BCUT2D eigenvalue weighted by molar-refractivity contribution is 6.13. The van der Waals surface area contributed by atoms with Crippen LogP contribution < -0.4 is 4.74 Å². The van der Waals surface area contributed by atoms with Crippen LogP contribution >= 0.6 is 0 Å². The maximum atomic E-state index is 10.9. The first-order valence-electron chi connectivity index (χ1n) is 9.09. The molecule has 1 aromatic heterocycles. The van der Waals surface area contributed by atoms with E-state index in [4.69, 9.17) is 4.74 Å². The predicted molar refractivity (Wildman–Crippen MR) is 109 cm³/mol. The van der Waals surface area contributed by atoms with Crippen LogP contribution in [0.5, 0.6) is 11.5 Å². The number of allylic oxidation sites excluding steroid dienone is 2. The molecule has 1 unspecified atom stereocenters. The van der Waals surface area contributed by atoms with Crippen molar-refractivity contribution in [2.24, 2.45) is 0 Å². The normalized spacial score (nSPS) is 13.7. The van der Waals surface area contributed by atoms with Gasteiger partial charge in [0.1, 0.15) is 6.10 Å². The third-order valence-electron chi connectivity index (χ3n) is 5.03. The Morgan fingerprint density at radius 1 is 1.26 bits per heavy atom. The lowest BCUT2D eigenvalue weighted by molar-refractivity contribution is 0.0308. The number of fused-ring (bicyclic) bond motifs is 3. The van der Waals surface area contributed by atoms with E-state index in [9.17, 15) is 15.3 Å². The quantitative estimate of drug-likeness (QED) is 0.506. The van der Waals surface area contributed by atoms with E-state index in [0.717, 1.165) is 22.9 Å². The first-order valence-corrected chi connectivity index (χ1v) is 9.09. The van der Waals surface area contributed by atoms with Crippen LogP contribution in [0.15, 0.2) is 29.8 Å². The molecule has 0 saturated heterocycles. The molecule has 0 amide bonds. The van der Waals surface area contributed by atoms with E-state index < -0.39 is 12.2 Å². The zero-order valence-corrected chi connectivity index (χ0v) is 16.4. The number of aromatic nitrogens is 1. The third-order valence-corrected chi connectivity index (χ3v) is 5.03. The van der Waals surface area contributed by atoms with Gasteiger partial charge >= 0.3 is 0 Å². The smallest absolute Gasteiger partial charge is 0.168 e. The molecular weight excluding hydrogens is 342 g/mol. The Bertz CT molecular complexity index is 1030. The van der Waals surface area contributed by atoms with Crippen molar-refractivity contribution >= 4 is 21.8 Å². The summed E-state index contributed by atoms with van der Waals surface area (Å²) in [6, 6.07) is 6.06. The van der Waals surface area contributed by atoms with Gasteiger partial charge in [-0.3, -0.25) is 0 Å². The number of hydrogen-bond acceptors (Lipinski definition) is 4. The summed E-state index contributed by atoms with van der Waals surface area (Å²) in [5, 5.41) is 32.9. The van der Waals surface area contributed by atoms with Gasteiger partial charge in [0.05, 0.1) is 24.1 Å². The van der Waals surface area contributed by atoms with Gasteiger partial charge in [-0.2, -0.15) is 0 Å². The van der Waals surface area contributed by atoms with Gasteiger partial charge in [0.2, 0.25) is 0 Å². The van der Waals surface area contributed by atoms with Gasteiger partial charge in [0, 0.05) is 22.0 Å². The van der Waals surface area contributed by atoms with Gasteiger partial charge in [-0.25, -0.2) is 0 Å². The molecule has 5 nitrogen and oxygen atoms in total. The summed E-state index contributed by atoms with van der Waals surface area (Å²) in [6.07, 6.45) is 0.905. The van der Waals surface area contributed by atoms with Crippen molar-refractivity contribution in [3.05, 3.63) is 46.5 Å². The molecule has 4 N–H and O–H groups in total. The number of aliphatic hydroxyl groups excluding tert-OH is 2. The van der Waals surface area contributed by atoms with E-state index in [2.05, 4.69) is 24.9 Å². The van der Waals surface area contributed by atoms with E-state index >= 15 is 0 Å². The minimum atomic E-state index is -1.10. The molecule has 0 aliphatic carbocycles. The van der Waals surface area contributed by atoms with Gasteiger partial charge in [-0.1, -0.05) is 17.7 Å². The number of phenolic OH excluding ortho intramolecular Hbond substituents is 1. The molecule has 5 heteroatoms. The van der Waals surface area contributed by atoms with Gasteiger partial charge in [0.15, 0.2) is 11.5 Å². The topological polar surface area (TPSA) is 85.7 Å². The zero-order valence-electron chi connectivity index (χ0n) is 16.4. The molecule has 0 radical (unpaired) electrons. The van der Waals surface area contributed by atoms with E-state index in [1.165, 1.54) is 19.6 Å². The van der Waals surface area contributed by atoms with E-state index in [0.29, 0.717) is 27.8 Å². The van der Waals surface area contributed by atoms with Crippen molar-refractivity contribution in [1.82, 2.24) is 4.98 Å². The second kappa shape index (κ2) is 7.25. The number of ether oxygens (including phenoxy) is 1. The van der Waals surface area contributed by atoms with Gasteiger partial charge in [0.25, 0.3) is 0 Å². The fourth-order valence-corrected chi connectivity index (χ4v) is 3.60. The van der Waals surface area contributed by atoms with Crippen LogP contribution in [0.3, 0.4) is 0 Å². The van der Waals surface area contributed by atoms with E-state index in [1.54, 1.807) is 6.92 Å². The molecular formula is C22H27NO4. The number of H-pyrrole nitrogens is 1. The number of aromatic amines is 1. The zero-order chi connectivity index (χ0) is 19.9. The fraction of sp³-hybridized carbons (Fsp3) is 0.364. The fourth-order valence-electron chi connectivity index (χ4n) is 3.60. The third kappa shape index (κ3) is 3.29. The maximum absolute atomic E-state index is 10.9. The molecule has 0 bridgehead atoms. The highest BCUT2D eigenvalue weighted by Gasteiger charge is 2.27. The number of nitrogens with one attached hydrogen (secondary N) is 1. The molecule has 3 rings (SSSR count). The van der Waals surface area contributed by atoms with Crippen molar-refractivity contribution < 1.29 is 20.1 Å². The standard InChI is InChI=1S/C22H27NO4/c1-11(2)6-7-14-8-9-16-15(10-14)18-19(23-16)17(20(25)13(4)24)12(3)22(27-5)21(18)26/h6,8-10,13,20,23-26H,7H2,1-5H3/t13-,20?/m1/s1. The monoisotopic (exact) mass is 369 g/mol. The highest BCUT2D eigenvalue weighted by atomic mass is 16.5. The summed E-state index contributed by atoms with van der Waals surface area (Å²) < 4.78 is 5.42. The summed E-state index contributed by atoms with van der Waals surface area (Å²) in [6.45, 7) is 7.43. The molecule has 0 fully saturated rings. The SMILES string of the molecule is COc1c(C)c(C(O)[C@@H](C)O)c2[nH]c3ccc(CC=C(C)C)cc3c2c1O. The first-order chi connectivity index (χ1) is 12.8. The molecule has 0 saturated carbocycles. The van der Waals surface area contributed by atoms with Crippen molar-refractivity contribution in [2.75, 3.05) is 7.11 Å². The number of hydrogen-bond donors (Lipinski definition) is 4. The number of rotatable bonds is 5. The number of aliphatic hydroxyl groups is 2. The number of aromatic hydroxyl groups is 1. The highest BCUT2D eigenvalue weighted by Crippen LogP contribution is 2.46. The molecule has 3 aromatic rings. The average molecular weight is 369 g/mol. The Morgan fingerprint density at radius 3 is 2.56 bits per heavy atom. The molecule has 0 spiro atoms. The first kappa shape index (κ1) is 19.3. The molecule has 27 heavy (non-hydrogen) atoms. The van der Waals surface area contributed by atoms with Gasteiger partial charge < -0.3 is 25.0 Å². The summed E-state index contributed by atoms with van der Waals surface area (Å²) in [5.74, 6) is 0.352. The molecule has 144 valence electrons. The Labute approximate surface area is 158 Å². The van der Waals surface area contributed by atoms with Crippen molar-refractivity contribution in [3.63, 3.8) is 0 Å². The van der Waals surface area contributed by atoms with Crippen molar-refractivity contribution in [1.29, 1.82) is 0 Å². The van der Waals surface area contributed by atoms with E-state index in [-0.39, 0.29) is 5.75 Å². The molecule has 0 aliphatic heterocycles. The minimum absolute atomic E-state index is 0.0390. The van der Waals surface area contributed by atoms with E-state index in [1.807, 2.05) is 18.2 Å². The lowest BCUT2D eigenvalue weighted by Crippen LogP contribution is -2.16. The Balaban J connectivity index is 2.37. The van der Waals surface area contributed by atoms with Crippen LogP contribution in [-0.2, 0) is 6.42 Å². The van der Waals surface area contributed by atoms with Crippen LogP contribution in [0.4, 0.5) is 0 Å². The van der Waals surface area contributed by atoms with Crippen LogP contribution in [0.2, 0.25) is 0 Å². The van der Waals surface area contributed by atoms with Crippen LogP contribution in [0.25, 0.3) is 21.8 Å². The Hall–Kier alpha value is -2.50. The van der Waals surface area contributed by atoms with Gasteiger partial charge in [-0.15, -0.1) is 0 Å². The average Bonchev–Trinajstić information content (AvgIpc) is 2.98. The second-order valence-electron chi connectivity index (χ2n) is 7.35. The predicted octanol–water partition coefficient (Wildman–Crippen LogP) is 4.27. The minimum Gasteiger partial charge on any atom is -0.504 e. The van der Waals surface area contributed by atoms with Crippen molar-refractivity contribution in [3.8, 4) is 11.5 Å². The summed E-state index contributed by atoms with van der Waals surface area (Å²) in [5.41, 5.74) is 4.99. The lowest BCUT2D eigenvalue weighted by Gasteiger charge is -2.20. The van der Waals surface area contributed by atoms with Crippen molar-refractivity contribution in [2.45, 2.75) is 46.3 Å². The largest absolute Gasteiger partial charge is 0.504 e. The van der Waals surface area contributed by atoms with Crippen LogP contribution in [0, 0.1) is 6.92 Å². The van der Waals surface area contributed by atoms with Gasteiger partial charge in [-0.05, 0) is 51.8 Å². The lowest BCUT2D eigenvalue weighted by atomic mass is 9.94. The number of methoxy groups -OCH3 is 1. The number of phenols is 1.